The van der Waals surface area contributed by atoms with Gasteiger partial charge in [-0.05, 0) is 34.4 Å². The van der Waals surface area contributed by atoms with Gasteiger partial charge in [0.2, 0.25) is 0 Å². The van der Waals surface area contributed by atoms with Gasteiger partial charge in [0.05, 0.1) is 5.92 Å². The van der Waals surface area contributed by atoms with E-state index in [0.717, 1.165) is 22.3 Å². The Morgan fingerprint density at radius 3 is 1.96 bits per heavy atom. The van der Waals surface area contributed by atoms with Gasteiger partial charge < -0.3 is 10.1 Å². The molecule has 0 spiro atoms. The molecule has 1 heterocycles. The van der Waals surface area contributed by atoms with Crippen LogP contribution in [0.2, 0.25) is 0 Å². The average Bonchev–Trinajstić information content (AvgIpc) is 2.89. The number of rotatable bonds is 2. The molecule has 1 aliphatic carbocycles. The number of H-pyrrole nitrogens is 1. The fourth-order valence-electron chi connectivity index (χ4n) is 3.32. The number of nitrogens with one attached hydrogen (secondary N) is 1. The van der Waals surface area contributed by atoms with Crippen LogP contribution in [0.15, 0.2) is 65.5 Å². The maximum absolute atomic E-state index is 12.0. The van der Waals surface area contributed by atoms with Crippen molar-refractivity contribution in [3.05, 3.63) is 93.4 Å². The second-order valence-corrected chi connectivity index (χ2v) is 5.57. The first-order valence-electron chi connectivity index (χ1n) is 7.31. The van der Waals surface area contributed by atoms with Crippen LogP contribution in [-0.4, -0.2) is 16.1 Å². The first kappa shape index (κ1) is 13.5. The molecule has 3 aromatic rings. The van der Waals surface area contributed by atoms with Gasteiger partial charge in [-0.25, -0.2) is 4.79 Å². The minimum atomic E-state index is -1.22. The van der Waals surface area contributed by atoms with E-state index in [9.17, 15) is 9.59 Å². The number of hydrogen-bond donors (Lipinski definition) is 2. The highest BCUT2D eigenvalue weighted by Crippen LogP contribution is 2.46. The molecule has 4 rings (SSSR count). The number of hydrogen-bond acceptors (Lipinski definition) is 2. The van der Waals surface area contributed by atoms with Crippen molar-refractivity contribution in [1.29, 1.82) is 0 Å². The Balaban J connectivity index is 1.94. The highest BCUT2D eigenvalue weighted by atomic mass is 16.4. The molecule has 112 valence electrons. The first-order chi connectivity index (χ1) is 11.2. The zero-order valence-electron chi connectivity index (χ0n) is 12.1. The molecule has 1 aromatic heterocycles. The van der Waals surface area contributed by atoms with Crippen molar-refractivity contribution >= 4 is 5.97 Å². The highest BCUT2D eigenvalue weighted by molar-refractivity contribution is 5.87. The summed E-state index contributed by atoms with van der Waals surface area (Å²) in [6, 6.07) is 19.2. The number of aromatic carboxylic acids is 1. The number of carbonyl (C=O) groups is 1. The number of carboxylic acids is 1. The molecule has 0 saturated carbocycles. The fourth-order valence-corrected chi connectivity index (χ4v) is 3.32. The molecule has 23 heavy (non-hydrogen) atoms. The molecular weight excluding hydrogens is 290 g/mol. The van der Waals surface area contributed by atoms with Crippen LogP contribution in [0.4, 0.5) is 0 Å². The molecule has 0 atom stereocenters. The van der Waals surface area contributed by atoms with E-state index in [1.165, 1.54) is 6.07 Å². The minimum absolute atomic E-state index is 0.0852. The molecule has 2 aromatic carbocycles. The van der Waals surface area contributed by atoms with Crippen molar-refractivity contribution in [3.63, 3.8) is 0 Å². The van der Waals surface area contributed by atoms with Gasteiger partial charge in [0.15, 0.2) is 0 Å². The molecule has 0 unspecified atom stereocenters. The van der Waals surface area contributed by atoms with E-state index in [1.54, 1.807) is 6.07 Å². The molecule has 0 radical (unpaired) electrons. The minimum Gasteiger partial charge on any atom is -0.477 e. The van der Waals surface area contributed by atoms with E-state index in [2.05, 4.69) is 17.1 Å². The van der Waals surface area contributed by atoms with Crippen LogP contribution in [0.5, 0.6) is 0 Å². The monoisotopic (exact) mass is 303 g/mol. The number of pyridine rings is 1. The lowest BCUT2D eigenvalue weighted by Crippen LogP contribution is -2.19. The number of aromatic nitrogens is 1. The van der Waals surface area contributed by atoms with Crippen molar-refractivity contribution in [2.75, 3.05) is 0 Å². The van der Waals surface area contributed by atoms with Gasteiger partial charge in [-0.2, -0.15) is 0 Å². The highest BCUT2D eigenvalue weighted by Gasteiger charge is 2.30. The van der Waals surface area contributed by atoms with Crippen molar-refractivity contribution < 1.29 is 9.90 Å². The lowest BCUT2D eigenvalue weighted by Gasteiger charge is -2.14. The van der Waals surface area contributed by atoms with Crippen LogP contribution in [0.1, 0.15) is 33.1 Å². The predicted molar refractivity (Wildman–Crippen MR) is 86.8 cm³/mol. The molecule has 4 heteroatoms. The van der Waals surface area contributed by atoms with Crippen molar-refractivity contribution in [2.45, 2.75) is 5.92 Å². The second-order valence-electron chi connectivity index (χ2n) is 5.57. The smallest absolute Gasteiger partial charge is 0.341 e. The SMILES string of the molecule is O=C(O)c1ccc(C2c3ccccc3-c3ccccc32)[nH]c1=O. The summed E-state index contributed by atoms with van der Waals surface area (Å²) in [4.78, 5) is 25.8. The van der Waals surface area contributed by atoms with Gasteiger partial charge in [0.1, 0.15) is 5.56 Å². The van der Waals surface area contributed by atoms with E-state index in [0.29, 0.717) is 5.69 Å². The molecule has 0 bridgehead atoms. The van der Waals surface area contributed by atoms with Crippen LogP contribution in [-0.2, 0) is 0 Å². The third-order valence-electron chi connectivity index (χ3n) is 4.31. The summed E-state index contributed by atoms with van der Waals surface area (Å²) in [7, 11) is 0. The average molecular weight is 303 g/mol. The van der Waals surface area contributed by atoms with Crippen LogP contribution in [0, 0.1) is 0 Å². The van der Waals surface area contributed by atoms with Crippen LogP contribution >= 0.6 is 0 Å². The Morgan fingerprint density at radius 2 is 1.43 bits per heavy atom. The molecule has 0 aliphatic heterocycles. The number of fused-ring (bicyclic) bond motifs is 3. The van der Waals surface area contributed by atoms with Crippen LogP contribution in [0.25, 0.3) is 11.1 Å². The summed E-state index contributed by atoms with van der Waals surface area (Å²) in [6.45, 7) is 0. The topological polar surface area (TPSA) is 70.2 Å². The van der Waals surface area contributed by atoms with Crippen molar-refractivity contribution in [3.8, 4) is 11.1 Å². The largest absolute Gasteiger partial charge is 0.477 e. The zero-order chi connectivity index (χ0) is 16.0. The summed E-state index contributed by atoms with van der Waals surface area (Å²) in [5, 5.41) is 9.02. The standard InChI is InChI=1S/C19H13NO3/c21-18-15(19(22)23)9-10-16(20-18)17-13-7-3-1-5-11(13)12-6-2-4-8-14(12)17/h1-10,17H,(H,20,21)(H,22,23). The third-order valence-corrected chi connectivity index (χ3v) is 4.31. The quantitative estimate of drug-likeness (QED) is 0.597. The van der Waals surface area contributed by atoms with E-state index in [4.69, 9.17) is 5.11 Å². The summed E-state index contributed by atoms with van der Waals surface area (Å²) >= 11 is 0. The normalized spacial score (nSPS) is 12.7. The molecular formula is C19H13NO3. The van der Waals surface area contributed by atoms with Gasteiger partial charge in [-0.1, -0.05) is 48.5 Å². The fraction of sp³-hybridized carbons (Fsp3) is 0.0526. The second kappa shape index (κ2) is 4.95. The first-order valence-corrected chi connectivity index (χ1v) is 7.31. The van der Waals surface area contributed by atoms with E-state index < -0.39 is 11.5 Å². The lowest BCUT2D eigenvalue weighted by molar-refractivity contribution is 0.0695. The van der Waals surface area contributed by atoms with Gasteiger partial charge in [0.25, 0.3) is 5.56 Å². The maximum Gasteiger partial charge on any atom is 0.341 e. The Morgan fingerprint density at radius 1 is 0.870 bits per heavy atom. The number of carboxylic acid groups (broad SMARTS) is 1. The van der Waals surface area contributed by atoms with Gasteiger partial charge in [0, 0.05) is 5.69 Å². The van der Waals surface area contributed by atoms with Gasteiger partial charge in [-0.3, -0.25) is 4.79 Å². The summed E-state index contributed by atoms with van der Waals surface area (Å²) in [6.07, 6.45) is 0. The van der Waals surface area contributed by atoms with Gasteiger partial charge in [-0.15, -0.1) is 0 Å². The summed E-state index contributed by atoms with van der Waals surface area (Å²) in [5.41, 5.74) is 4.43. The van der Waals surface area contributed by atoms with E-state index in [1.807, 2.05) is 36.4 Å². The Labute approximate surface area is 132 Å². The van der Waals surface area contributed by atoms with Crippen LogP contribution in [0.3, 0.4) is 0 Å². The number of aromatic amines is 1. The molecule has 1 aliphatic rings. The maximum atomic E-state index is 12.0. The molecule has 0 amide bonds. The molecule has 0 fully saturated rings. The Hall–Kier alpha value is -3.14. The number of benzene rings is 2. The summed E-state index contributed by atoms with van der Waals surface area (Å²) < 4.78 is 0. The molecule has 4 nitrogen and oxygen atoms in total. The predicted octanol–water partition coefficient (Wildman–Crippen LogP) is 3.23. The van der Waals surface area contributed by atoms with E-state index >= 15 is 0 Å². The van der Waals surface area contributed by atoms with Crippen LogP contribution < -0.4 is 5.56 Å². The van der Waals surface area contributed by atoms with Crippen molar-refractivity contribution in [2.24, 2.45) is 0 Å². The molecule has 0 saturated heterocycles. The van der Waals surface area contributed by atoms with E-state index in [-0.39, 0.29) is 11.5 Å². The third kappa shape index (κ3) is 1.99. The lowest BCUT2D eigenvalue weighted by atomic mass is 9.93. The van der Waals surface area contributed by atoms with Gasteiger partial charge >= 0.3 is 5.97 Å². The zero-order valence-corrected chi connectivity index (χ0v) is 12.1. The Bertz CT molecular complexity index is 942. The van der Waals surface area contributed by atoms with Crippen molar-refractivity contribution in [1.82, 2.24) is 4.98 Å². The molecule has 2 N–H and O–H groups in total. The summed E-state index contributed by atoms with van der Waals surface area (Å²) in [5.74, 6) is -1.30. The Kier molecular flexibility index (Phi) is 2.91.